The molecule has 3 rings (SSSR count). The van der Waals surface area contributed by atoms with Gasteiger partial charge in [0, 0.05) is 6.42 Å². The molecule has 3 aliphatic rings. The van der Waals surface area contributed by atoms with Crippen molar-refractivity contribution in [2.45, 2.75) is 96.9 Å². The quantitative estimate of drug-likeness (QED) is 0.554. The zero-order valence-electron chi connectivity index (χ0n) is 19.6. The average Bonchev–Trinajstić information content (AvgIpc) is 2.72. The zero-order chi connectivity index (χ0) is 23.2. The van der Waals surface area contributed by atoms with Gasteiger partial charge in [0.25, 0.3) is 0 Å². The van der Waals surface area contributed by atoms with Crippen LogP contribution in [0.4, 0.5) is 0 Å². The van der Waals surface area contributed by atoms with E-state index in [-0.39, 0.29) is 29.1 Å². The fourth-order valence-corrected chi connectivity index (χ4v) is 5.98. The molecule has 0 spiro atoms. The molecular formula is C25H40O6. The topological polar surface area (TPSA) is 96.2 Å². The lowest BCUT2D eigenvalue weighted by atomic mass is 9.46. The maximum Gasteiger partial charge on any atom is 0.187 e. The Morgan fingerprint density at radius 2 is 2.00 bits per heavy atom. The minimum Gasteiger partial charge on any atom is -0.388 e. The molecule has 2 aliphatic carbocycles. The Morgan fingerprint density at radius 3 is 2.65 bits per heavy atom. The molecule has 31 heavy (non-hydrogen) atoms. The van der Waals surface area contributed by atoms with Crippen LogP contribution in [0.25, 0.3) is 0 Å². The molecule has 0 radical (unpaired) electrons. The summed E-state index contributed by atoms with van der Waals surface area (Å²) >= 11 is 0. The first-order valence-corrected chi connectivity index (χ1v) is 11.5. The van der Waals surface area contributed by atoms with E-state index in [2.05, 4.69) is 34.3 Å². The number of fused-ring (bicyclic) bond motifs is 1. The van der Waals surface area contributed by atoms with Crippen LogP contribution in [0.15, 0.2) is 24.3 Å². The average molecular weight is 437 g/mol. The highest BCUT2D eigenvalue weighted by Gasteiger charge is 2.54. The molecule has 0 aromatic carbocycles. The lowest BCUT2D eigenvalue weighted by molar-refractivity contribution is -0.293. The Kier molecular flexibility index (Phi) is 6.91. The molecule has 1 heterocycles. The van der Waals surface area contributed by atoms with Crippen molar-refractivity contribution in [1.29, 1.82) is 0 Å². The monoisotopic (exact) mass is 436 g/mol. The van der Waals surface area contributed by atoms with Crippen LogP contribution in [0.2, 0.25) is 0 Å². The van der Waals surface area contributed by atoms with Crippen molar-refractivity contribution < 1.29 is 29.6 Å². The molecule has 3 N–H and O–H groups in total. The minimum atomic E-state index is -1.33. The Hall–Kier alpha value is -1.05. The molecule has 0 bridgehead atoms. The smallest absolute Gasteiger partial charge is 0.187 e. The van der Waals surface area contributed by atoms with Crippen molar-refractivity contribution >= 4 is 5.78 Å². The first kappa shape index (κ1) is 24.6. The second kappa shape index (κ2) is 8.71. The number of carbonyl (C=O) groups excluding carboxylic acids is 1. The lowest BCUT2D eigenvalue weighted by Gasteiger charge is -2.58. The molecule has 1 saturated carbocycles. The predicted molar refractivity (Wildman–Crippen MR) is 118 cm³/mol. The van der Waals surface area contributed by atoms with Crippen molar-refractivity contribution in [3.8, 4) is 0 Å². The Balaban J connectivity index is 1.77. The van der Waals surface area contributed by atoms with Gasteiger partial charge in [0.1, 0.15) is 18.3 Å². The van der Waals surface area contributed by atoms with Crippen LogP contribution in [0.3, 0.4) is 0 Å². The number of aliphatic hydroxyl groups excluding tert-OH is 3. The highest BCUT2D eigenvalue weighted by atomic mass is 16.7. The molecule has 0 amide bonds. The number of allylic oxidation sites excluding steroid dienone is 2. The summed E-state index contributed by atoms with van der Waals surface area (Å²) in [6, 6.07) is 0. The molecular weight excluding hydrogens is 396 g/mol. The van der Waals surface area contributed by atoms with Crippen molar-refractivity contribution in [3.63, 3.8) is 0 Å². The highest BCUT2D eigenvalue weighted by molar-refractivity contribution is 5.92. The number of ether oxygens (including phenoxy) is 2. The number of hydrogen-bond donors (Lipinski definition) is 3. The second-order valence-corrected chi connectivity index (χ2v) is 10.8. The normalized spacial score (nSPS) is 45.4. The van der Waals surface area contributed by atoms with Crippen LogP contribution < -0.4 is 0 Å². The van der Waals surface area contributed by atoms with E-state index < -0.39 is 30.2 Å². The third-order valence-electron chi connectivity index (χ3n) is 8.90. The van der Waals surface area contributed by atoms with E-state index in [9.17, 15) is 20.1 Å². The summed E-state index contributed by atoms with van der Waals surface area (Å²) < 4.78 is 11.6. The minimum absolute atomic E-state index is 0.0313. The van der Waals surface area contributed by atoms with E-state index in [0.717, 1.165) is 19.3 Å². The van der Waals surface area contributed by atoms with E-state index in [0.29, 0.717) is 18.8 Å². The fraction of sp³-hybridized carbons (Fsp3) is 0.800. The fourth-order valence-electron chi connectivity index (χ4n) is 5.98. The van der Waals surface area contributed by atoms with Gasteiger partial charge < -0.3 is 24.8 Å². The third-order valence-corrected chi connectivity index (χ3v) is 8.90. The van der Waals surface area contributed by atoms with Gasteiger partial charge in [-0.3, -0.25) is 4.79 Å². The summed E-state index contributed by atoms with van der Waals surface area (Å²) in [5.41, 5.74) is 0.395. The van der Waals surface area contributed by atoms with Gasteiger partial charge in [-0.25, -0.2) is 0 Å². The maximum atomic E-state index is 12.5. The summed E-state index contributed by atoms with van der Waals surface area (Å²) in [5.74, 6) is 0.949. The highest BCUT2D eigenvalue weighted by Crippen LogP contribution is 2.61. The molecule has 1 aliphatic heterocycles. The van der Waals surface area contributed by atoms with Crippen LogP contribution in [0, 0.1) is 22.7 Å². The van der Waals surface area contributed by atoms with Crippen molar-refractivity contribution in [2.24, 2.45) is 22.7 Å². The first-order valence-electron chi connectivity index (χ1n) is 11.5. The van der Waals surface area contributed by atoms with Crippen LogP contribution in [0.5, 0.6) is 0 Å². The summed E-state index contributed by atoms with van der Waals surface area (Å²) in [6.45, 7) is 14.7. The zero-order valence-corrected chi connectivity index (χ0v) is 19.6. The van der Waals surface area contributed by atoms with E-state index in [1.165, 1.54) is 5.57 Å². The summed E-state index contributed by atoms with van der Waals surface area (Å²) in [4.78, 5) is 12.5. The molecule has 9 atom stereocenters. The van der Waals surface area contributed by atoms with E-state index >= 15 is 0 Å². The Morgan fingerprint density at radius 1 is 1.32 bits per heavy atom. The predicted octanol–water partition coefficient (Wildman–Crippen LogP) is 3.14. The first-order chi connectivity index (χ1) is 14.4. The molecule has 176 valence electrons. The van der Waals surface area contributed by atoms with Gasteiger partial charge in [-0.15, -0.1) is 6.58 Å². The van der Waals surface area contributed by atoms with E-state index in [4.69, 9.17) is 9.47 Å². The van der Waals surface area contributed by atoms with Gasteiger partial charge in [-0.05, 0) is 68.3 Å². The molecule has 1 saturated heterocycles. The van der Waals surface area contributed by atoms with Crippen molar-refractivity contribution in [2.75, 3.05) is 6.61 Å². The van der Waals surface area contributed by atoms with Gasteiger partial charge >= 0.3 is 0 Å². The van der Waals surface area contributed by atoms with E-state index in [1.54, 1.807) is 6.08 Å². The van der Waals surface area contributed by atoms with Gasteiger partial charge in [0.15, 0.2) is 12.1 Å². The molecule has 2 fully saturated rings. The SMILES string of the molecule is C=CC(C)(CCC1(C)C(C)CCC2(C)C(C)=CC(=O)CC21)OC1OCC(O)C(O)C1O. The second-order valence-electron chi connectivity index (χ2n) is 10.8. The van der Waals surface area contributed by atoms with Crippen LogP contribution in [-0.4, -0.2) is 57.9 Å². The Bertz CT molecular complexity index is 734. The van der Waals surface area contributed by atoms with Gasteiger partial charge in [0.05, 0.1) is 12.2 Å². The number of rotatable bonds is 6. The van der Waals surface area contributed by atoms with E-state index in [1.807, 2.05) is 13.0 Å². The Labute approximate surface area is 186 Å². The molecule has 0 aromatic rings. The summed E-state index contributed by atoms with van der Waals surface area (Å²) in [7, 11) is 0. The largest absolute Gasteiger partial charge is 0.388 e. The molecule has 0 aromatic heterocycles. The van der Waals surface area contributed by atoms with Crippen molar-refractivity contribution in [1.82, 2.24) is 0 Å². The van der Waals surface area contributed by atoms with Gasteiger partial charge in [-0.2, -0.15) is 0 Å². The number of hydrogen-bond acceptors (Lipinski definition) is 6. The molecule has 9 unspecified atom stereocenters. The van der Waals surface area contributed by atoms with Crippen LogP contribution in [0.1, 0.15) is 66.7 Å². The van der Waals surface area contributed by atoms with Crippen molar-refractivity contribution in [3.05, 3.63) is 24.3 Å². The number of aliphatic hydroxyl groups is 3. The molecule has 6 nitrogen and oxygen atoms in total. The van der Waals surface area contributed by atoms with Gasteiger partial charge in [-0.1, -0.05) is 32.4 Å². The van der Waals surface area contributed by atoms with Crippen LogP contribution >= 0.6 is 0 Å². The van der Waals surface area contributed by atoms with Crippen LogP contribution in [-0.2, 0) is 14.3 Å². The van der Waals surface area contributed by atoms with Gasteiger partial charge in [0.2, 0.25) is 0 Å². The third kappa shape index (κ3) is 4.42. The summed E-state index contributed by atoms with van der Waals surface area (Å²) in [5, 5.41) is 30.0. The lowest BCUT2D eigenvalue weighted by Crippen LogP contribution is -2.56. The summed E-state index contributed by atoms with van der Waals surface area (Å²) in [6.07, 6.45) is 3.01. The number of ketones is 1. The molecule has 6 heteroatoms. The maximum absolute atomic E-state index is 12.5. The number of carbonyl (C=O) groups is 1. The standard InChI is InChI=1S/C25H40O6/c1-7-23(4,31-22-21(29)20(28)18(27)14-30-22)10-11-25(6)15(2)8-9-24(5)16(3)12-17(26)13-19(24)25/h7,12,15,18-22,27-29H,1,8-11,13-14H2,2-6H3.